The molecule has 1 unspecified atom stereocenters. The smallest absolute Gasteiger partial charge is 0.125 e. The molecule has 122 valence electrons. The zero-order valence-corrected chi connectivity index (χ0v) is 13.8. The van der Waals surface area contributed by atoms with Gasteiger partial charge in [-0.3, -0.25) is 0 Å². The van der Waals surface area contributed by atoms with Crippen LogP contribution in [-0.2, 0) is 0 Å². The predicted octanol–water partition coefficient (Wildman–Crippen LogP) is 4.30. The van der Waals surface area contributed by atoms with E-state index in [4.69, 9.17) is 9.47 Å². The maximum Gasteiger partial charge on any atom is 0.125 e. The minimum absolute atomic E-state index is 0.0731. The highest BCUT2D eigenvalue weighted by atomic mass is 16.5. The molecular formula is C20H25NO2. The zero-order valence-electron chi connectivity index (χ0n) is 13.8. The SMILES string of the molecule is COc1cccc(OC(CCN2CCCC2)c2ccccc2)c1. The molecule has 1 atom stereocenters. The minimum atomic E-state index is 0.0731. The van der Waals surface area contributed by atoms with Crippen LogP contribution in [0.25, 0.3) is 0 Å². The molecule has 0 N–H and O–H groups in total. The summed E-state index contributed by atoms with van der Waals surface area (Å²) in [5.41, 5.74) is 1.23. The summed E-state index contributed by atoms with van der Waals surface area (Å²) >= 11 is 0. The van der Waals surface area contributed by atoms with Gasteiger partial charge in [0, 0.05) is 19.0 Å². The van der Waals surface area contributed by atoms with Gasteiger partial charge in [0.2, 0.25) is 0 Å². The number of benzene rings is 2. The number of methoxy groups -OCH3 is 1. The van der Waals surface area contributed by atoms with Crippen molar-refractivity contribution < 1.29 is 9.47 Å². The topological polar surface area (TPSA) is 21.7 Å². The average molecular weight is 311 g/mol. The summed E-state index contributed by atoms with van der Waals surface area (Å²) in [4.78, 5) is 2.53. The highest BCUT2D eigenvalue weighted by Gasteiger charge is 2.17. The molecule has 0 bridgehead atoms. The van der Waals surface area contributed by atoms with Gasteiger partial charge in [0.1, 0.15) is 17.6 Å². The van der Waals surface area contributed by atoms with Gasteiger partial charge in [-0.2, -0.15) is 0 Å². The minimum Gasteiger partial charge on any atom is -0.497 e. The zero-order chi connectivity index (χ0) is 15.9. The van der Waals surface area contributed by atoms with Crippen LogP contribution in [0, 0.1) is 0 Å². The van der Waals surface area contributed by atoms with E-state index in [2.05, 4.69) is 29.2 Å². The molecule has 3 rings (SSSR count). The van der Waals surface area contributed by atoms with Gasteiger partial charge in [-0.05, 0) is 43.6 Å². The third-order valence-electron chi connectivity index (χ3n) is 4.40. The van der Waals surface area contributed by atoms with Crippen LogP contribution in [0.2, 0.25) is 0 Å². The monoisotopic (exact) mass is 311 g/mol. The Morgan fingerprint density at radius 2 is 1.70 bits per heavy atom. The molecule has 1 aliphatic rings. The quantitative estimate of drug-likeness (QED) is 0.761. The van der Waals surface area contributed by atoms with Crippen LogP contribution in [0.1, 0.15) is 30.9 Å². The molecule has 0 radical (unpaired) electrons. The van der Waals surface area contributed by atoms with E-state index in [9.17, 15) is 0 Å². The highest BCUT2D eigenvalue weighted by Crippen LogP contribution is 2.28. The molecule has 2 aromatic carbocycles. The van der Waals surface area contributed by atoms with E-state index in [-0.39, 0.29) is 6.10 Å². The van der Waals surface area contributed by atoms with Crippen LogP contribution in [0.4, 0.5) is 0 Å². The lowest BCUT2D eigenvalue weighted by atomic mass is 10.1. The summed E-state index contributed by atoms with van der Waals surface area (Å²) in [6.07, 6.45) is 3.73. The summed E-state index contributed by atoms with van der Waals surface area (Å²) in [5.74, 6) is 1.69. The van der Waals surface area contributed by atoms with Gasteiger partial charge in [-0.1, -0.05) is 36.4 Å². The van der Waals surface area contributed by atoms with E-state index < -0.39 is 0 Å². The van der Waals surface area contributed by atoms with Crippen molar-refractivity contribution in [2.75, 3.05) is 26.7 Å². The van der Waals surface area contributed by atoms with Crippen LogP contribution >= 0.6 is 0 Å². The van der Waals surface area contributed by atoms with Crippen molar-refractivity contribution in [3.05, 3.63) is 60.2 Å². The normalized spacial score (nSPS) is 16.2. The summed E-state index contributed by atoms with van der Waals surface area (Å²) in [6, 6.07) is 18.3. The average Bonchev–Trinajstić information content (AvgIpc) is 3.13. The Kier molecular flexibility index (Phi) is 5.54. The van der Waals surface area contributed by atoms with Crippen molar-refractivity contribution in [1.82, 2.24) is 4.90 Å². The first kappa shape index (κ1) is 15.9. The van der Waals surface area contributed by atoms with Crippen molar-refractivity contribution in [3.63, 3.8) is 0 Å². The van der Waals surface area contributed by atoms with Crippen LogP contribution in [0.5, 0.6) is 11.5 Å². The van der Waals surface area contributed by atoms with Crippen LogP contribution in [0.3, 0.4) is 0 Å². The fourth-order valence-electron chi connectivity index (χ4n) is 3.11. The molecule has 2 aromatic rings. The molecule has 3 nitrogen and oxygen atoms in total. The van der Waals surface area contributed by atoms with E-state index >= 15 is 0 Å². The first-order valence-corrected chi connectivity index (χ1v) is 8.43. The van der Waals surface area contributed by atoms with Crippen LogP contribution < -0.4 is 9.47 Å². The van der Waals surface area contributed by atoms with Gasteiger partial charge in [-0.15, -0.1) is 0 Å². The summed E-state index contributed by atoms with van der Waals surface area (Å²) < 4.78 is 11.6. The van der Waals surface area contributed by atoms with E-state index in [1.54, 1.807) is 7.11 Å². The Hall–Kier alpha value is -2.00. The lowest BCUT2D eigenvalue weighted by molar-refractivity contribution is 0.172. The molecule has 1 saturated heterocycles. The molecule has 0 spiro atoms. The maximum atomic E-state index is 6.30. The fraction of sp³-hybridized carbons (Fsp3) is 0.400. The molecule has 1 aliphatic heterocycles. The number of rotatable bonds is 7. The first-order chi connectivity index (χ1) is 11.3. The first-order valence-electron chi connectivity index (χ1n) is 8.43. The Bertz CT molecular complexity index is 594. The number of hydrogen-bond acceptors (Lipinski definition) is 3. The number of likely N-dealkylation sites (tertiary alicyclic amines) is 1. The maximum absolute atomic E-state index is 6.30. The van der Waals surface area contributed by atoms with Crippen molar-refractivity contribution in [1.29, 1.82) is 0 Å². The largest absolute Gasteiger partial charge is 0.497 e. The second-order valence-corrected chi connectivity index (χ2v) is 6.03. The second kappa shape index (κ2) is 8.02. The van der Waals surface area contributed by atoms with Crippen molar-refractivity contribution in [3.8, 4) is 11.5 Å². The molecule has 0 saturated carbocycles. The third-order valence-corrected chi connectivity index (χ3v) is 4.40. The van der Waals surface area contributed by atoms with Crippen molar-refractivity contribution in [2.45, 2.75) is 25.4 Å². The Morgan fingerprint density at radius 1 is 0.957 bits per heavy atom. The van der Waals surface area contributed by atoms with Gasteiger partial charge in [0.05, 0.1) is 7.11 Å². The third kappa shape index (κ3) is 4.49. The standard InChI is InChI=1S/C20H25NO2/c1-22-18-10-7-11-19(16-18)23-20(17-8-3-2-4-9-17)12-15-21-13-5-6-14-21/h2-4,7-11,16,20H,5-6,12-15H2,1H3. The molecule has 0 aliphatic carbocycles. The fourth-order valence-corrected chi connectivity index (χ4v) is 3.11. The predicted molar refractivity (Wildman–Crippen MR) is 93.1 cm³/mol. The van der Waals surface area contributed by atoms with Gasteiger partial charge < -0.3 is 14.4 Å². The molecule has 0 aromatic heterocycles. The highest BCUT2D eigenvalue weighted by molar-refractivity contribution is 5.33. The summed E-state index contributed by atoms with van der Waals surface area (Å²) in [5, 5.41) is 0. The number of hydrogen-bond donors (Lipinski definition) is 0. The summed E-state index contributed by atoms with van der Waals surface area (Å²) in [6.45, 7) is 3.53. The van der Waals surface area contributed by atoms with Crippen LogP contribution in [-0.4, -0.2) is 31.6 Å². The molecule has 1 heterocycles. The van der Waals surface area contributed by atoms with E-state index in [0.29, 0.717) is 0 Å². The second-order valence-electron chi connectivity index (χ2n) is 6.03. The van der Waals surface area contributed by atoms with Gasteiger partial charge in [0.15, 0.2) is 0 Å². The number of nitrogens with zero attached hydrogens (tertiary/aromatic N) is 1. The molecule has 0 amide bonds. The molecule has 23 heavy (non-hydrogen) atoms. The molecule has 3 heteroatoms. The van der Waals surface area contributed by atoms with Gasteiger partial charge in [-0.25, -0.2) is 0 Å². The van der Waals surface area contributed by atoms with Crippen LogP contribution in [0.15, 0.2) is 54.6 Å². The van der Waals surface area contributed by atoms with E-state index in [0.717, 1.165) is 24.5 Å². The van der Waals surface area contributed by atoms with E-state index in [1.165, 1.54) is 31.5 Å². The van der Waals surface area contributed by atoms with Crippen molar-refractivity contribution in [2.24, 2.45) is 0 Å². The number of ether oxygens (including phenoxy) is 2. The molecule has 1 fully saturated rings. The Balaban J connectivity index is 1.71. The lowest BCUT2D eigenvalue weighted by Gasteiger charge is -2.23. The van der Waals surface area contributed by atoms with Gasteiger partial charge >= 0.3 is 0 Å². The van der Waals surface area contributed by atoms with Crippen molar-refractivity contribution >= 4 is 0 Å². The Labute approximate surface area is 138 Å². The summed E-state index contributed by atoms with van der Waals surface area (Å²) in [7, 11) is 1.68. The molecular weight excluding hydrogens is 286 g/mol. The Morgan fingerprint density at radius 3 is 2.43 bits per heavy atom. The van der Waals surface area contributed by atoms with E-state index in [1.807, 2.05) is 30.3 Å². The van der Waals surface area contributed by atoms with Gasteiger partial charge in [0.25, 0.3) is 0 Å². The lowest BCUT2D eigenvalue weighted by Crippen LogP contribution is -2.23.